The van der Waals surface area contributed by atoms with Gasteiger partial charge < -0.3 is 4.89 Å². The van der Waals surface area contributed by atoms with Gasteiger partial charge in [-0.05, 0) is 18.4 Å². The first-order valence-electron chi connectivity index (χ1n) is 2.22. The average molecular weight is 188 g/mol. The number of rotatable bonds is 3. The molecule has 60 valence electrons. The van der Waals surface area contributed by atoms with Crippen LogP contribution in [0.1, 0.15) is 0 Å². The molecule has 0 fully saturated rings. The molecule has 0 saturated carbocycles. The van der Waals surface area contributed by atoms with Crippen LogP contribution in [0.2, 0.25) is 0 Å². The fraction of sp³-hybridized carbons (Fsp3) is 1.00. The Bertz CT molecular complexity index is 178. The van der Waals surface area contributed by atoms with Gasteiger partial charge in [0.25, 0.3) is 0 Å². The Labute approximate surface area is 59.0 Å². The van der Waals surface area contributed by atoms with E-state index in [2.05, 4.69) is 4.31 Å². The summed E-state index contributed by atoms with van der Waals surface area (Å²) < 4.78 is 25.2. The van der Waals surface area contributed by atoms with E-state index in [4.69, 9.17) is 9.79 Å². The van der Waals surface area contributed by atoms with Gasteiger partial charge in [0, 0.05) is 4.57 Å². The minimum Gasteiger partial charge on any atom is -0.310 e. The van der Waals surface area contributed by atoms with Crippen LogP contribution in [0.4, 0.5) is 0 Å². The Morgan fingerprint density at radius 2 is 2.00 bits per heavy atom. The third kappa shape index (κ3) is 3.37. The van der Waals surface area contributed by atoms with Crippen LogP contribution < -0.4 is 0 Å². The second kappa shape index (κ2) is 3.53. The Balaban J connectivity index is 4.14. The van der Waals surface area contributed by atoms with Crippen LogP contribution in [0.5, 0.6) is 0 Å². The van der Waals surface area contributed by atoms with E-state index in [0.717, 1.165) is 4.67 Å². The van der Waals surface area contributed by atoms with E-state index in [1.54, 1.807) is 0 Å². The lowest BCUT2D eigenvalue weighted by Gasteiger charge is -2.09. The van der Waals surface area contributed by atoms with Crippen molar-refractivity contribution in [1.82, 2.24) is 4.67 Å². The van der Waals surface area contributed by atoms with Gasteiger partial charge in [0.2, 0.25) is 0 Å². The molecule has 2 atom stereocenters. The topological polar surface area (TPSA) is 87.1 Å². The molecule has 0 aromatic heterocycles. The van der Waals surface area contributed by atoms with Crippen LogP contribution >= 0.6 is 16.0 Å². The summed E-state index contributed by atoms with van der Waals surface area (Å²) in [5.74, 6) is 0. The molecule has 0 amide bonds. The maximum absolute atomic E-state index is 10.6. The molecule has 0 saturated heterocycles. The molecule has 0 radical (unpaired) electrons. The summed E-state index contributed by atoms with van der Waals surface area (Å²) in [6, 6.07) is 0. The molecule has 0 spiro atoms. The highest BCUT2D eigenvalue weighted by Gasteiger charge is 2.35. The normalized spacial score (nSPS) is 18.7. The van der Waals surface area contributed by atoms with Gasteiger partial charge in [-0.1, -0.05) is 0 Å². The highest BCUT2D eigenvalue weighted by atomic mass is 31.2. The molecule has 0 aliphatic heterocycles. The lowest BCUT2D eigenvalue weighted by molar-refractivity contribution is 0.303. The van der Waals surface area contributed by atoms with Gasteiger partial charge >= 0.3 is 16.0 Å². The molecule has 0 aromatic carbocycles. The van der Waals surface area contributed by atoms with Crippen molar-refractivity contribution in [1.29, 1.82) is 0 Å². The van der Waals surface area contributed by atoms with E-state index < -0.39 is 16.0 Å². The first kappa shape index (κ1) is 10.2. The third-order valence-corrected chi connectivity index (χ3v) is 3.10. The maximum Gasteiger partial charge on any atom is 0.704 e. The summed E-state index contributed by atoms with van der Waals surface area (Å²) >= 11 is 0. The fourth-order valence-electron chi connectivity index (χ4n) is 0.164. The average Bonchev–Trinajstić information content (AvgIpc) is 1.60. The summed E-state index contributed by atoms with van der Waals surface area (Å²) in [7, 11) is -4.52. The van der Waals surface area contributed by atoms with Crippen LogP contribution in [0.15, 0.2) is 0 Å². The van der Waals surface area contributed by atoms with Crippen molar-refractivity contribution >= 4 is 16.0 Å². The standard InChI is InChI=1S/C2H7NO5P2/c1-3(2)10(6,7)8-9(4)5/h1-2H3,(H-,4,5,6,7)/p+1. The van der Waals surface area contributed by atoms with Gasteiger partial charge in [0.1, 0.15) is 0 Å². The molecule has 0 aliphatic carbocycles. The Hall–Kier alpha value is 0.170. The van der Waals surface area contributed by atoms with Gasteiger partial charge in [-0.3, -0.25) is 0 Å². The van der Waals surface area contributed by atoms with E-state index in [0.29, 0.717) is 0 Å². The zero-order valence-electron chi connectivity index (χ0n) is 5.46. The summed E-state index contributed by atoms with van der Waals surface area (Å²) in [6.07, 6.45) is 0. The first-order chi connectivity index (χ1) is 4.36. The highest BCUT2D eigenvalue weighted by molar-refractivity contribution is 7.57. The Kier molecular flexibility index (Phi) is 3.59. The number of hydrogen-bond acceptors (Lipinski definition) is 3. The predicted molar refractivity (Wildman–Crippen MR) is 34.4 cm³/mol. The van der Waals surface area contributed by atoms with Gasteiger partial charge in [-0.2, -0.15) is 0 Å². The Morgan fingerprint density at radius 1 is 1.60 bits per heavy atom. The van der Waals surface area contributed by atoms with Crippen molar-refractivity contribution in [2.45, 2.75) is 0 Å². The predicted octanol–water partition coefficient (Wildman–Crippen LogP) is 0.315. The molecular formula is C2H8NO5P2+. The smallest absolute Gasteiger partial charge is 0.310 e. The monoisotopic (exact) mass is 188 g/mol. The molecule has 2 unspecified atom stereocenters. The zero-order chi connectivity index (χ0) is 8.36. The quantitative estimate of drug-likeness (QED) is 0.620. The van der Waals surface area contributed by atoms with Crippen molar-refractivity contribution in [2.24, 2.45) is 0 Å². The lowest BCUT2D eigenvalue weighted by atomic mass is 11.3. The maximum atomic E-state index is 10.6. The molecule has 2 N–H and O–H groups in total. The minimum absolute atomic E-state index is 0.830. The van der Waals surface area contributed by atoms with E-state index in [9.17, 15) is 9.13 Å². The fourth-order valence-corrected chi connectivity index (χ4v) is 1.48. The molecule has 10 heavy (non-hydrogen) atoms. The summed E-state index contributed by atoms with van der Waals surface area (Å²) in [4.78, 5) is 16.7. The minimum atomic E-state index is -4.02. The second-order valence-electron chi connectivity index (χ2n) is 1.66. The lowest BCUT2D eigenvalue weighted by Crippen LogP contribution is -2.07. The molecule has 0 aliphatic rings. The molecule has 0 rings (SSSR count). The summed E-state index contributed by atoms with van der Waals surface area (Å²) in [5, 5.41) is 0. The van der Waals surface area contributed by atoms with Crippen LogP contribution in [-0.2, 0) is 13.4 Å². The van der Waals surface area contributed by atoms with Crippen molar-refractivity contribution < 1.29 is 23.2 Å². The van der Waals surface area contributed by atoms with E-state index in [1.165, 1.54) is 14.1 Å². The van der Waals surface area contributed by atoms with E-state index >= 15 is 0 Å². The molecular weight excluding hydrogens is 180 g/mol. The van der Waals surface area contributed by atoms with Crippen molar-refractivity contribution in [3.05, 3.63) is 0 Å². The van der Waals surface area contributed by atoms with Crippen molar-refractivity contribution in [3.63, 3.8) is 0 Å². The van der Waals surface area contributed by atoms with Crippen LogP contribution in [0.3, 0.4) is 0 Å². The van der Waals surface area contributed by atoms with Gasteiger partial charge in [0.15, 0.2) is 0 Å². The van der Waals surface area contributed by atoms with Crippen LogP contribution in [0, 0.1) is 0 Å². The Morgan fingerprint density at radius 3 is 2.10 bits per heavy atom. The zero-order valence-corrected chi connectivity index (χ0v) is 7.25. The molecule has 0 bridgehead atoms. The van der Waals surface area contributed by atoms with E-state index in [-0.39, 0.29) is 0 Å². The molecule has 8 heteroatoms. The molecule has 0 aromatic rings. The van der Waals surface area contributed by atoms with Gasteiger partial charge in [0.05, 0.1) is 0 Å². The van der Waals surface area contributed by atoms with E-state index in [1.807, 2.05) is 0 Å². The van der Waals surface area contributed by atoms with Gasteiger partial charge in [-0.25, -0.2) is 9.24 Å². The van der Waals surface area contributed by atoms with Crippen LogP contribution in [-0.4, -0.2) is 28.6 Å². The van der Waals surface area contributed by atoms with Crippen molar-refractivity contribution in [3.8, 4) is 0 Å². The van der Waals surface area contributed by atoms with Gasteiger partial charge in [-0.15, -0.1) is 4.89 Å². The molecule has 6 nitrogen and oxygen atoms in total. The number of nitrogens with zero attached hydrogens (tertiary/aromatic N) is 1. The van der Waals surface area contributed by atoms with Crippen LogP contribution in [0.25, 0.3) is 0 Å². The summed E-state index contributed by atoms with van der Waals surface area (Å²) in [6.45, 7) is 0. The molecule has 0 heterocycles. The summed E-state index contributed by atoms with van der Waals surface area (Å²) in [5.41, 5.74) is 0. The SMILES string of the molecule is CN(C)P(=O)(O)O[P+](=O)O. The largest absolute Gasteiger partial charge is 0.704 e. The third-order valence-electron chi connectivity index (χ3n) is 0.682. The number of hydrogen-bond donors (Lipinski definition) is 2. The first-order valence-corrected chi connectivity index (χ1v) is 4.89. The highest BCUT2D eigenvalue weighted by Crippen LogP contribution is 2.50. The van der Waals surface area contributed by atoms with Crippen molar-refractivity contribution in [2.75, 3.05) is 14.1 Å². The second-order valence-corrected chi connectivity index (χ2v) is 4.57.